The fraction of sp³-hybridized carbons (Fsp3) is 0.0417. The second-order valence-electron chi connectivity index (χ2n) is 7.55. The van der Waals surface area contributed by atoms with Crippen LogP contribution in [0, 0.1) is 0 Å². The zero-order chi connectivity index (χ0) is 20.7. The maximum Gasteiger partial charge on any atom is 0.351 e. The predicted molar refractivity (Wildman–Crippen MR) is 112 cm³/mol. The van der Waals surface area contributed by atoms with Crippen LogP contribution in [0.15, 0.2) is 74.7 Å². The summed E-state index contributed by atoms with van der Waals surface area (Å²) in [6.07, 6.45) is 0. The first-order chi connectivity index (χ1) is 15.2. The van der Waals surface area contributed by atoms with E-state index in [1.165, 1.54) is 0 Å². The van der Waals surface area contributed by atoms with Gasteiger partial charge in [-0.3, -0.25) is 4.98 Å². The Balaban J connectivity index is 1.69. The molecule has 4 heterocycles. The molecule has 2 aliphatic rings. The zero-order valence-corrected chi connectivity index (χ0v) is 15.8. The quantitative estimate of drug-likeness (QED) is 0.373. The molecule has 1 N–H and O–H groups in total. The van der Waals surface area contributed by atoms with E-state index in [2.05, 4.69) is 9.97 Å². The third-order valence-electron chi connectivity index (χ3n) is 5.90. The summed E-state index contributed by atoms with van der Waals surface area (Å²) in [5.74, 6) is 0.707. The van der Waals surface area contributed by atoms with Crippen molar-refractivity contribution in [2.75, 3.05) is 0 Å². The second-order valence-corrected chi connectivity index (χ2v) is 7.55. The number of hydrogen-bond donors (Lipinski definition) is 1. The van der Waals surface area contributed by atoms with Gasteiger partial charge in [0, 0.05) is 5.56 Å². The minimum atomic E-state index is -0.590. The van der Waals surface area contributed by atoms with Gasteiger partial charge in [-0.1, -0.05) is 42.5 Å². The molecule has 1 atom stereocenters. The summed E-state index contributed by atoms with van der Waals surface area (Å²) in [5, 5.41) is 2.58. The molecule has 2 aliphatic heterocycles. The number of fused-ring (bicyclic) bond motifs is 8. The van der Waals surface area contributed by atoms with Crippen molar-refractivity contribution in [3.8, 4) is 23.3 Å². The van der Waals surface area contributed by atoms with Gasteiger partial charge >= 0.3 is 11.3 Å². The van der Waals surface area contributed by atoms with Crippen molar-refractivity contribution in [2.45, 2.75) is 5.92 Å². The summed E-state index contributed by atoms with van der Waals surface area (Å²) >= 11 is 0. The third kappa shape index (κ3) is 2.09. The monoisotopic (exact) mass is 408 g/mol. The smallest absolute Gasteiger partial charge is 0.351 e. The van der Waals surface area contributed by atoms with Gasteiger partial charge in [-0.25, -0.2) is 9.59 Å². The van der Waals surface area contributed by atoms with Crippen LogP contribution in [-0.4, -0.2) is 9.97 Å². The number of H-pyrrole nitrogens is 1. The van der Waals surface area contributed by atoms with E-state index in [4.69, 9.17) is 13.9 Å². The number of ether oxygens (including phenoxy) is 2. The Kier molecular flexibility index (Phi) is 2.97. The summed E-state index contributed by atoms with van der Waals surface area (Å²) in [6.45, 7) is 0. The van der Waals surface area contributed by atoms with Crippen LogP contribution in [-0.2, 0) is 0 Å². The second kappa shape index (κ2) is 5.60. The standard InChI is InChI=1S/C24H12N2O5/c27-23-18-17-16-12-6-2-1-5-11(12)9-10-15(16)29-21-19(17)22(26-24(28)25-21)31-20(18)13-7-3-4-8-14(13)30-23/h1-10,17H,(H,25,26,28). The van der Waals surface area contributed by atoms with Gasteiger partial charge < -0.3 is 13.9 Å². The van der Waals surface area contributed by atoms with Crippen LogP contribution in [0.5, 0.6) is 23.3 Å². The highest BCUT2D eigenvalue weighted by atomic mass is 16.5. The van der Waals surface area contributed by atoms with Crippen LogP contribution in [0.1, 0.15) is 22.6 Å². The SMILES string of the molecule is O=c1nc2c3c([nH]1)Oc1ccc4ccccc4c1C3c1c(c3ccccc3oc1=O)O2. The molecule has 3 aromatic carbocycles. The lowest BCUT2D eigenvalue weighted by atomic mass is 9.80. The Morgan fingerprint density at radius 3 is 2.52 bits per heavy atom. The molecule has 2 aromatic heterocycles. The minimum absolute atomic E-state index is 0.130. The first-order valence-electron chi connectivity index (χ1n) is 9.76. The van der Waals surface area contributed by atoms with E-state index >= 15 is 0 Å². The van der Waals surface area contributed by atoms with E-state index in [0.29, 0.717) is 33.6 Å². The summed E-state index contributed by atoms with van der Waals surface area (Å²) in [7, 11) is 0. The number of benzene rings is 3. The van der Waals surface area contributed by atoms with Crippen LogP contribution in [0.25, 0.3) is 21.7 Å². The fourth-order valence-electron chi connectivity index (χ4n) is 4.65. The molecule has 0 bridgehead atoms. The Morgan fingerprint density at radius 2 is 1.61 bits per heavy atom. The number of para-hydroxylation sites is 1. The van der Waals surface area contributed by atoms with Crippen LogP contribution in [0.2, 0.25) is 0 Å². The molecule has 7 rings (SSSR count). The van der Waals surface area contributed by atoms with E-state index in [1.807, 2.05) is 48.5 Å². The van der Waals surface area contributed by atoms with Gasteiger partial charge in [0.15, 0.2) is 5.75 Å². The van der Waals surface area contributed by atoms with Gasteiger partial charge in [0.25, 0.3) is 0 Å². The van der Waals surface area contributed by atoms with Gasteiger partial charge in [-0.2, -0.15) is 4.98 Å². The molecule has 7 nitrogen and oxygen atoms in total. The maximum atomic E-state index is 13.2. The van der Waals surface area contributed by atoms with Gasteiger partial charge in [-0.05, 0) is 29.0 Å². The molecular weight excluding hydrogens is 396 g/mol. The first kappa shape index (κ1) is 16.4. The van der Waals surface area contributed by atoms with Crippen molar-refractivity contribution in [1.82, 2.24) is 9.97 Å². The molecule has 0 fully saturated rings. The van der Waals surface area contributed by atoms with Crippen LogP contribution < -0.4 is 20.8 Å². The molecule has 0 saturated heterocycles. The van der Waals surface area contributed by atoms with Gasteiger partial charge in [0.05, 0.1) is 22.4 Å². The summed E-state index contributed by atoms with van der Waals surface area (Å²) in [6, 6.07) is 18.8. The first-order valence-corrected chi connectivity index (χ1v) is 9.76. The molecule has 1 unspecified atom stereocenters. The number of rotatable bonds is 0. The number of aromatic nitrogens is 2. The molecular formula is C24H12N2O5. The summed E-state index contributed by atoms with van der Waals surface area (Å²) in [5.41, 5.74) is 1.01. The third-order valence-corrected chi connectivity index (χ3v) is 5.90. The molecule has 0 amide bonds. The highest BCUT2D eigenvalue weighted by molar-refractivity contribution is 5.92. The lowest BCUT2D eigenvalue weighted by Crippen LogP contribution is -2.27. The van der Waals surface area contributed by atoms with Gasteiger partial charge in [0.2, 0.25) is 11.8 Å². The van der Waals surface area contributed by atoms with Crippen molar-refractivity contribution >= 4 is 21.7 Å². The molecule has 7 heteroatoms. The average Bonchev–Trinajstić information content (AvgIpc) is 2.78. The highest BCUT2D eigenvalue weighted by Gasteiger charge is 2.42. The largest absolute Gasteiger partial charge is 0.440 e. The topological polar surface area (TPSA) is 94.4 Å². The van der Waals surface area contributed by atoms with E-state index in [1.54, 1.807) is 12.1 Å². The fourth-order valence-corrected chi connectivity index (χ4v) is 4.65. The maximum absolute atomic E-state index is 13.2. The Labute approximate surface area is 173 Å². The van der Waals surface area contributed by atoms with Crippen LogP contribution in [0.4, 0.5) is 0 Å². The lowest BCUT2D eigenvalue weighted by Gasteiger charge is -2.33. The van der Waals surface area contributed by atoms with Crippen LogP contribution >= 0.6 is 0 Å². The minimum Gasteiger partial charge on any atom is -0.440 e. The van der Waals surface area contributed by atoms with Gasteiger partial charge in [-0.15, -0.1) is 0 Å². The van der Waals surface area contributed by atoms with E-state index in [-0.39, 0.29) is 11.8 Å². The highest BCUT2D eigenvalue weighted by Crippen LogP contribution is 2.56. The van der Waals surface area contributed by atoms with Crippen molar-refractivity contribution < 1.29 is 13.9 Å². The normalized spacial score (nSPS) is 15.5. The van der Waals surface area contributed by atoms with Gasteiger partial charge in [0.1, 0.15) is 11.3 Å². The van der Waals surface area contributed by atoms with Crippen molar-refractivity contribution in [2.24, 2.45) is 0 Å². The Bertz CT molecular complexity index is 1700. The average molecular weight is 408 g/mol. The molecule has 5 aromatic rings. The lowest BCUT2D eigenvalue weighted by molar-refractivity contribution is 0.378. The molecule has 0 saturated carbocycles. The van der Waals surface area contributed by atoms with E-state index < -0.39 is 17.2 Å². The van der Waals surface area contributed by atoms with E-state index in [0.717, 1.165) is 16.3 Å². The van der Waals surface area contributed by atoms with E-state index in [9.17, 15) is 9.59 Å². The Morgan fingerprint density at radius 1 is 0.806 bits per heavy atom. The number of nitrogens with zero attached hydrogens (tertiary/aromatic N) is 1. The zero-order valence-electron chi connectivity index (χ0n) is 15.8. The molecule has 31 heavy (non-hydrogen) atoms. The summed E-state index contributed by atoms with van der Waals surface area (Å²) < 4.78 is 17.8. The molecule has 0 radical (unpaired) electrons. The Hall–Kier alpha value is -4.39. The number of hydrogen-bond acceptors (Lipinski definition) is 6. The number of aromatic amines is 1. The molecule has 0 aliphatic carbocycles. The van der Waals surface area contributed by atoms with Crippen molar-refractivity contribution in [3.05, 3.63) is 98.3 Å². The molecule has 0 spiro atoms. The van der Waals surface area contributed by atoms with Crippen molar-refractivity contribution in [1.29, 1.82) is 0 Å². The summed E-state index contributed by atoms with van der Waals surface area (Å²) in [4.78, 5) is 32.1. The van der Waals surface area contributed by atoms with Crippen molar-refractivity contribution in [3.63, 3.8) is 0 Å². The predicted octanol–water partition coefficient (Wildman–Crippen LogP) is 4.42. The van der Waals surface area contributed by atoms with Crippen LogP contribution in [0.3, 0.4) is 0 Å². The number of nitrogens with one attached hydrogen (secondary N) is 1. The molecule has 148 valence electrons.